The summed E-state index contributed by atoms with van der Waals surface area (Å²) in [5.74, 6) is 0.426. The van der Waals surface area contributed by atoms with Crippen molar-refractivity contribution in [3.8, 4) is 0 Å². The molecule has 1 aromatic heterocycles. The van der Waals surface area contributed by atoms with E-state index in [1.165, 1.54) is 23.9 Å². The zero-order valence-electron chi connectivity index (χ0n) is 11.8. The first-order chi connectivity index (χ1) is 9.63. The molecule has 2 aromatic rings. The molecule has 0 fully saturated rings. The van der Waals surface area contributed by atoms with Gasteiger partial charge in [0.05, 0.1) is 0 Å². The molecule has 1 aromatic carbocycles. The maximum absolute atomic E-state index is 13.1. The first kappa shape index (κ1) is 15.0. The number of benzene rings is 1. The lowest BCUT2D eigenvalue weighted by Crippen LogP contribution is -2.18. The maximum atomic E-state index is 13.1. The van der Waals surface area contributed by atoms with Gasteiger partial charge >= 0.3 is 0 Å². The summed E-state index contributed by atoms with van der Waals surface area (Å²) in [5, 5.41) is 4.26. The van der Waals surface area contributed by atoms with Crippen LogP contribution in [0.4, 0.5) is 4.39 Å². The molecule has 0 spiro atoms. The van der Waals surface area contributed by atoms with E-state index in [4.69, 9.17) is 0 Å². The van der Waals surface area contributed by atoms with Gasteiger partial charge in [-0.3, -0.25) is 0 Å². The molecule has 106 valence electrons. The molecule has 0 radical (unpaired) electrons. The van der Waals surface area contributed by atoms with Crippen LogP contribution in [0.5, 0.6) is 0 Å². The van der Waals surface area contributed by atoms with Gasteiger partial charge in [-0.15, -0.1) is 0 Å². The minimum absolute atomic E-state index is 0.218. The molecule has 2 rings (SSSR count). The number of nitrogens with one attached hydrogen (secondary N) is 1. The lowest BCUT2D eigenvalue weighted by Gasteiger charge is -2.07. The minimum Gasteiger partial charge on any atom is -0.312 e. The summed E-state index contributed by atoms with van der Waals surface area (Å²) < 4.78 is 13.1. The molecular formula is C16H19FN2S. The molecule has 0 saturated carbocycles. The van der Waals surface area contributed by atoms with Gasteiger partial charge in [0.1, 0.15) is 10.8 Å². The Balaban J connectivity index is 1.91. The van der Waals surface area contributed by atoms with Crippen LogP contribution in [0.3, 0.4) is 0 Å². The first-order valence-corrected chi connectivity index (χ1v) is 7.54. The van der Waals surface area contributed by atoms with Gasteiger partial charge in [0.25, 0.3) is 0 Å². The standard InChI is InChI=1S/C16H19FN2S/c1-12(2)9-18-10-13-6-7-16(19-11-13)20-15-5-3-4-14(17)8-15/h3-8,11-12,18H,9-10H2,1-2H3. The fraction of sp³-hybridized carbons (Fsp3) is 0.312. The normalized spacial score (nSPS) is 11.0. The Bertz CT molecular complexity index is 540. The SMILES string of the molecule is CC(C)CNCc1ccc(Sc2cccc(F)c2)nc1. The number of nitrogens with zero attached hydrogens (tertiary/aromatic N) is 1. The highest BCUT2D eigenvalue weighted by Crippen LogP contribution is 2.26. The third kappa shape index (κ3) is 4.94. The molecule has 0 unspecified atom stereocenters. The molecule has 0 atom stereocenters. The van der Waals surface area contributed by atoms with Crippen molar-refractivity contribution in [2.45, 2.75) is 30.3 Å². The van der Waals surface area contributed by atoms with E-state index in [0.717, 1.165) is 28.6 Å². The van der Waals surface area contributed by atoms with Crippen molar-refractivity contribution >= 4 is 11.8 Å². The third-order valence-corrected chi connectivity index (χ3v) is 3.64. The molecular weight excluding hydrogens is 271 g/mol. The lowest BCUT2D eigenvalue weighted by atomic mass is 10.2. The van der Waals surface area contributed by atoms with Crippen LogP contribution in [-0.4, -0.2) is 11.5 Å². The predicted molar refractivity (Wildman–Crippen MR) is 81.3 cm³/mol. The van der Waals surface area contributed by atoms with E-state index in [1.807, 2.05) is 18.3 Å². The van der Waals surface area contributed by atoms with Gasteiger partial charge in [0.2, 0.25) is 0 Å². The summed E-state index contributed by atoms with van der Waals surface area (Å²) >= 11 is 1.47. The summed E-state index contributed by atoms with van der Waals surface area (Å²) in [7, 11) is 0. The molecule has 1 N–H and O–H groups in total. The zero-order valence-corrected chi connectivity index (χ0v) is 12.6. The first-order valence-electron chi connectivity index (χ1n) is 6.72. The summed E-state index contributed by atoms with van der Waals surface area (Å²) in [5.41, 5.74) is 1.16. The van der Waals surface area contributed by atoms with Crippen molar-refractivity contribution in [1.29, 1.82) is 0 Å². The summed E-state index contributed by atoms with van der Waals surface area (Å²) in [4.78, 5) is 5.27. The van der Waals surface area contributed by atoms with E-state index in [2.05, 4.69) is 30.2 Å². The molecule has 0 amide bonds. The van der Waals surface area contributed by atoms with Gasteiger partial charge in [-0.1, -0.05) is 37.7 Å². The molecule has 0 aliphatic heterocycles. The van der Waals surface area contributed by atoms with Gasteiger partial charge in [-0.2, -0.15) is 0 Å². The average Bonchev–Trinajstić information content (AvgIpc) is 2.40. The van der Waals surface area contributed by atoms with Crippen LogP contribution in [0, 0.1) is 11.7 Å². The van der Waals surface area contributed by atoms with Crippen molar-refractivity contribution in [1.82, 2.24) is 10.3 Å². The van der Waals surface area contributed by atoms with Gasteiger partial charge in [-0.25, -0.2) is 9.37 Å². The second-order valence-electron chi connectivity index (χ2n) is 5.09. The second kappa shape index (κ2) is 7.41. The van der Waals surface area contributed by atoms with Crippen LogP contribution < -0.4 is 5.32 Å². The molecule has 0 aliphatic carbocycles. The predicted octanol–water partition coefficient (Wildman–Crippen LogP) is 4.12. The topological polar surface area (TPSA) is 24.9 Å². The number of halogens is 1. The summed E-state index contributed by atoms with van der Waals surface area (Å²) in [6.07, 6.45) is 1.87. The zero-order chi connectivity index (χ0) is 14.4. The van der Waals surface area contributed by atoms with Crippen LogP contribution >= 0.6 is 11.8 Å². The van der Waals surface area contributed by atoms with Crippen molar-refractivity contribution in [3.05, 3.63) is 54.0 Å². The van der Waals surface area contributed by atoms with Crippen molar-refractivity contribution in [2.75, 3.05) is 6.54 Å². The largest absolute Gasteiger partial charge is 0.312 e. The maximum Gasteiger partial charge on any atom is 0.124 e. The Labute approximate surface area is 123 Å². The van der Waals surface area contributed by atoms with Gasteiger partial charge < -0.3 is 5.32 Å². The number of rotatable bonds is 6. The van der Waals surface area contributed by atoms with Crippen LogP contribution in [0.25, 0.3) is 0 Å². The Morgan fingerprint density at radius 3 is 2.75 bits per heavy atom. The van der Waals surface area contributed by atoms with Crippen molar-refractivity contribution in [2.24, 2.45) is 5.92 Å². The Morgan fingerprint density at radius 1 is 1.25 bits per heavy atom. The number of hydrogen-bond donors (Lipinski definition) is 1. The fourth-order valence-electron chi connectivity index (χ4n) is 1.73. The average molecular weight is 290 g/mol. The van der Waals surface area contributed by atoms with E-state index in [9.17, 15) is 4.39 Å². The van der Waals surface area contributed by atoms with Gasteiger partial charge in [0.15, 0.2) is 0 Å². The molecule has 2 nitrogen and oxygen atoms in total. The Hall–Kier alpha value is -1.39. The second-order valence-corrected chi connectivity index (χ2v) is 6.18. The van der Waals surface area contributed by atoms with E-state index in [-0.39, 0.29) is 5.82 Å². The van der Waals surface area contributed by atoms with Crippen molar-refractivity contribution in [3.63, 3.8) is 0 Å². The van der Waals surface area contributed by atoms with Crippen LogP contribution in [0.2, 0.25) is 0 Å². The van der Waals surface area contributed by atoms with E-state index < -0.39 is 0 Å². The summed E-state index contributed by atoms with van der Waals surface area (Å²) in [6.45, 7) is 6.20. The number of hydrogen-bond acceptors (Lipinski definition) is 3. The molecule has 0 aliphatic rings. The highest BCUT2D eigenvalue weighted by atomic mass is 32.2. The van der Waals surface area contributed by atoms with E-state index in [0.29, 0.717) is 5.92 Å². The molecule has 1 heterocycles. The highest BCUT2D eigenvalue weighted by Gasteiger charge is 2.01. The Morgan fingerprint density at radius 2 is 2.10 bits per heavy atom. The third-order valence-electron chi connectivity index (χ3n) is 2.70. The molecule has 0 bridgehead atoms. The molecule has 4 heteroatoms. The monoisotopic (exact) mass is 290 g/mol. The van der Waals surface area contributed by atoms with E-state index in [1.54, 1.807) is 6.07 Å². The smallest absolute Gasteiger partial charge is 0.124 e. The molecule has 0 saturated heterocycles. The van der Waals surface area contributed by atoms with E-state index >= 15 is 0 Å². The quantitative estimate of drug-likeness (QED) is 0.866. The molecule has 20 heavy (non-hydrogen) atoms. The lowest BCUT2D eigenvalue weighted by molar-refractivity contribution is 0.551. The van der Waals surface area contributed by atoms with Gasteiger partial charge in [0, 0.05) is 17.6 Å². The highest BCUT2D eigenvalue weighted by molar-refractivity contribution is 7.99. The Kier molecular flexibility index (Phi) is 5.56. The van der Waals surface area contributed by atoms with Gasteiger partial charge in [-0.05, 0) is 42.3 Å². The van der Waals surface area contributed by atoms with Crippen LogP contribution in [0.15, 0.2) is 52.5 Å². The van der Waals surface area contributed by atoms with Crippen LogP contribution in [0.1, 0.15) is 19.4 Å². The number of aromatic nitrogens is 1. The minimum atomic E-state index is -0.218. The number of pyridine rings is 1. The van der Waals surface area contributed by atoms with Crippen LogP contribution in [-0.2, 0) is 6.54 Å². The summed E-state index contributed by atoms with van der Waals surface area (Å²) in [6, 6.07) is 10.6. The van der Waals surface area contributed by atoms with Crippen molar-refractivity contribution < 1.29 is 4.39 Å². The fourth-order valence-corrected chi connectivity index (χ4v) is 2.53.